The van der Waals surface area contributed by atoms with Gasteiger partial charge in [-0.2, -0.15) is 13.2 Å². The van der Waals surface area contributed by atoms with E-state index in [1.54, 1.807) is 18.3 Å². The summed E-state index contributed by atoms with van der Waals surface area (Å²) in [5.74, 6) is 0. The van der Waals surface area contributed by atoms with Gasteiger partial charge in [0.1, 0.15) is 0 Å². The standard InChI is InChI=1S/C27H24ClF3N4/c28-21-5-10-24-25(11-12-32-26(24)17-21)33-22-6-1-19(2-7-22)18-34-13-15-35(16-14-34)23-8-3-20(4-9-23)27(29,30)31/h1-12,17H,13-16,18H2,(H,32,33). The van der Waals surface area contributed by atoms with Gasteiger partial charge in [-0.25, -0.2) is 0 Å². The van der Waals surface area contributed by atoms with E-state index in [1.807, 2.05) is 24.3 Å². The summed E-state index contributed by atoms with van der Waals surface area (Å²) >= 11 is 6.08. The van der Waals surface area contributed by atoms with Crippen molar-refractivity contribution in [1.29, 1.82) is 0 Å². The molecule has 0 radical (unpaired) electrons. The van der Waals surface area contributed by atoms with Crippen LogP contribution in [-0.4, -0.2) is 36.1 Å². The molecule has 1 N–H and O–H groups in total. The van der Waals surface area contributed by atoms with E-state index in [9.17, 15) is 13.2 Å². The van der Waals surface area contributed by atoms with Crippen LogP contribution in [0.15, 0.2) is 79.0 Å². The Hall–Kier alpha value is -3.29. The molecule has 0 amide bonds. The van der Waals surface area contributed by atoms with Crippen LogP contribution >= 0.6 is 11.6 Å². The van der Waals surface area contributed by atoms with E-state index < -0.39 is 11.7 Å². The molecule has 3 aromatic carbocycles. The molecule has 1 aliphatic rings. The van der Waals surface area contributed by atoms with Crippen molar-refractivity contribution in [2.75, 3.05) is 36.4 Å². The predicted molar refractivity (Wildman–Crippen MR) is 135 cm³/mol. The number of halogens is 4. The van der Waals surface area contributed by atoms with E-state index in [2.05, 4.69) is 44.4 Å². The largest absolute Gasteiger partial charge is 0.416 e. The van der Waals surface area contributed by atoms with Crippen LogP contribution in [0.1, 0.15) is 11.1 Å². The number of benzene rings is 3. The third kappa shape index (κ3) is 5.52. The molecule has 8 heteroatoms. The Morgan fingerprint density at radius 1 is 0.857 bits per heavy atom. The molecule has 0 atom stereocenters. The summed E-state index contributed by atoms with van der Waals surface area (Å²) in [4.78, 5) is 8.88. The molecule has 0 spiro atoms. The van der Waals surface area contributed by atoms with E-state index in [4.69, 9.17) is 11.6 Å². The van der Waals surface area contributed by atoms with Gasteiger partial charge in [0.15, 0.2) is 0 Å². The lowest BCUT2D eigenvalue weighted by molar-refractivity contribution is -0.137. The van der Waals surface area contributed by atoms with E-state index in [1.165, 1.54) is 5.56 Å². The second-order valence-corrected chi connectivity index (χ2v) is 9.09. The fraction of sp³-hybridized carbons (Fsp3) is 0.222. The zero-order valence-corrected chi connectivity index (χ0v) is 19.7. The van der Waals surface area contributed by atoms with Crippen LogP contribution < -0.4 is 10.2 Å². The van der Waals surface area contributed by atoms with Crippen LogP contribution in [0.25, 0.3) is 10.9 Å². The van der Waals surface area contributed by atoms with E-state index in [0.29, 0.717) is 5.02 Å². The molecule has 2 heterocycles. The Kier molecular flexibility index (Phi) is 6.54. The molecule has 35 heavy (non-hydrogen) atoms. The second-order valence-electron chi connectivity index (χ2n) is 8.65. The fourth-order valence-corrected chi connectivity index (χ4v) is 4.53. The predicted octanol–water partition coefficient (Wildman–Crippen LogP) is 6.97. The zero-order chi connectivity index (χ0) is 24.4. The number of hydrogen-bond acceptors (Lipinski definition) is 4. The van der Waals surface area contributed by atoms with E-state index in [-0.39, 0.29) is 0 Å². The summed E-state index contributed by atoms with van der Waals surface area (Å²) < 4.78 is 38.4. The van der Waals surface area contributed by atoms with Crippen LogP contribution in [0.4, 0.5) is 30.2 Å². The highest BCUT2D eigenvalue weighted by Crippen LogP contribution is 2.31. The average Bonchev–Trinajstić information content (AvgIpc) is 2.85. The van der Waals surface area contributed by atoms with Gasteiger partial charge in [0.2, 0.25) is 0 Å². The molecule has 1 saturated heterocycles. The fourth-order valence-electron chi connectivity index (χ4n) is 4.36. The number of hydrogen-bond donors (Lipinski definition) is 1. The lowest BCUT2D eigenvalue weighted by Crippen LogP contribution is -2.45. The van der Waals surface area contributed by atoms with Gasteiger partial charge in [0, 0.05) is 66.4 Å². The number of fused-ring (bicyclic) bond motifs is 1. The number of rotatable bonds is 5. The molecule has 1 fully saturated rings. The normalized spacial score (nSPS) is 14.9. The molecular formula is C27H24ClF3N4. The lowest BCUT2D eigenvalue weighted by Gasteiger charge is -2.36. The van der Waals surface area contributed by atoms with Crippen LogP contribution in [0, 0.1) is 0 Å². The summed E-state index contributed by atoms with van der Waals surface area (Å²) in [5.41, 5.74) is 4.24. The molecule has 4 aromatic rings. The topological polar surface area (TPSA) is 31.4 Å². The number of nitrogens with one attached hydrogen (secondary N) is 1. The number of anilines is 3. The molecule has 4 nitrogen and oxygen atoms in total. The van der Waals surface area contributed by atoms with Gasteiger partial charge in [-0.15, -0.1) is 0 Å². The number of pyridine rings is 1. The maximum absolute atomic E-state index is 12.8. The van der Waals surface area contributed by atoms with E-state index >= 15 is 0 Å². The lowest BCUT2D eigenvalue weighted by atomic mass is 10.1. The molecule has 5 rings (SSSR count). The monoisotopic (exact) mass is 496 g/mol. The Bertz CT molecular complexity index is 1300. The SMILES string of the molecule is FC(F)(F)c1ccc(N2CCN(Cc3ccc(Nc4ccnc5cc(Cl)ccc45)cc3)CC2)cc1. The molecule has 0 saturated carbocycles. The maximum atomic E-state index is 12.8. The number of piperazine rings is 1. The van der Waals surface area contributed by atoms with Crippen LogP contribution in [0.3, 0.4) is 0 Å². The van der Waals surface area contributed by atoms with Gasteiger partial charge in [0.25, 0.3) is 0 Å². The Morgan fingerprint density at radius 2 is 1.57 bits per heavy atom. The van der Waals surface area contributed by atoms with Crippen LogP contribution in [0.2, 0.25) is 5.02 Å². The summed E-state index contributed by atoms with van der Waals surface area (Å²) in [7, 11) is 0. The molecule has 180 valence electrons. The molecule has 1 aliphatic heterocycles. The van der Waals surface area contributed by atoms with E-state index in [0.717, 1.165) is 72.8 Å². The van der Waals surface area contributed by atoms with Gasteiger partial charge < -0.3 is 10.2 Å². The van der Waals surface area contributed by atoms with Crippen molar-refractivity contribution < 1.29 is 13.2 Å². The highest BCUT2D eigenvalue weighted by atomic mass is 35.5. The van der Waals surface area contributed by atoms with Gasteiger partial charge >= 0.3 is 6.18 Å². The zero-order valence-electron chi connectivity index (χ0n) is 18.9. The highest BCUT2D eigenvalue weighted by molar-refractivity contribution is 6.31. The Labute approximate surface area is 207 Å². The number of aromatic nitrogens is 1. The van der Waals surface area contributed by atoms with Crippen LogP contribution in [-0.2, 0) is 12.7 Å². The van der Waals surface area contributed by atoms with Crippen molar-refractivity contribution in [2.45, 2.75) is 12.7 Å². The quantitative estimate of drug-likeness (QED) is 0.323. The first-order valence-electron chi connectivity index (χ1n) is 11.4. The van der Waals surface area contributed by atoms with Crippen molar-refractivity contribution in [3.63, 3.8) is 0 Å². The third-order valence-corrected chi connectivity index (χ3v) is 6.51. The summed E-state index contributed by atoms with van der Waals surface area (Å²) in [6.45, 7) is 4.10. The summed E-state index contributed by atoms with van der Waals surface area (Å²) in [5, 5.41) is 5.13. The second kappa shape index (κ2) is 9.76. The summed E-state index contributed by atoms with van der Waals surface area (Å²) in [6.07, 6.45) is -2.54. The number of nitrogens with zero attached hydrogens (tertiary/aromatic N) is 3. The van der Waals surface area contributed by atoms with Crippen molar-refractivity contribution in [2.24, 2.45) is 0 Å². The number of alkyl halides is 3. The van der Waals surface area contributed by atoms with Crippen molar-refractivity contribution >= 4 is 39.6 Å². The van der Waals surface area contributed by atoms with Crippen molar-refractivity contribution in [1.82, 2.24) is 9.88 Å². The van der Waals surface area contributed by atoms with Gasteiger partial charge in [0.05, 0.1) is 11.1 Å². The minimum absolute atomic E-state index is 0.612. The summed E-state index contributed by atoms with van der Waals surface area (Å²) in [6, 6.07) is 21.4. The molecule has 0 aliphatic carbocycles. The molecular weight excluding hydrogens is 473 g/mol. The van der Waals surface area contributed by atoms with Gasteiger partial charge in [-0.05, 0) is 66.2 Å². The Morgan fingerprint density at radius 3 is 2.26 bits per heavy atom. The molecule has 0 bridgehead atoms. The van der Waals surface area contributed by atoms with Crippen LogP contribution in [0.5, 0.6) is 0 Å². The van der Waals surface area contributed by atoms with Crippen molar-refractivity contribution in [3.8, 4) is 0 Å². The first kappa shape index (κ1) is 23.5. The average molecular weight is 497 g/mol. The first-order valence-corrected chi connectivity index (χ1v) is 11.8. The highest BCUT2D eigenvalue weighted by Gasteiger charge is 2.30. The molecule has 1 aromatic heterocycles. The maximum Gasteiger partial charge on any atom is 0.416 e. The Balaban J connectivity index is 1.17. The molecule has 0 unspecified atom stereocenters. The van der Waals surface area contributed by atoms with Gasteiger partial charge in [-0.3, -0.25) is 9.88 Å². The minimum atomic E-state index is -4.30. The minimum Gasteiger partial charge on any atom is -0.369 e. The first-order chi connectivity index (χ1) is 16.8. The smallest absolute Gasteiger partial charge is 0.369 e. The van der Waals surface area contributed by atoms with Gasteiger partial charge in [-0.1, -0.05) is 23.7 Å². The third-order valence-electron chi connectivity index (χ3n) is 6.28. The van der Waals surface area contributed by atoms with Crippen molar-refractivity contribution in [3.05, 3.63) is 95.1 Å².